The van der Waals surface area contributed by atoms with E-state index in [1.807, 2.05) is 44.2 Å². The van der Waals surface area contributed by atoms with Crippen LogP contribution in [-0.4, -0.2) is 25.0 Å². The van der Waals surface area contributed by atoms with Gasteiger partial charge in [-0.2, -0.15) is 0 Å². The number of amides is 2. The Hall–Kier alpha value is -3.02. The smallest absolute Gasteiger partial charge is 0.276 e. The molecule has 0 fully saturated rings. The second-order valence-electron chi connectivity index (χ2n) is 6.68. The SMILES string of the molecule is Cc1ccc(OCC(=O)NNC(=O)COc2cc(C)ccc2C(C)C)cc1. The van der Waals surface area contributed by atoms with Gasteiger partial charge in [0.25, 0.3) is 11.8 Å². The molecular formula is C21H26N2O4. The summed E-state index contributed by atoms with van der Waals surface area (Å²) in [6.07, 6.45) is 0. The molecule has 0 unspecified atom stereocenters. The Morgan fingerprint density at radius 1 is 0.852 bits per heavy atom. The maximum Gasteiger partial charge on any atom is 0.276 e. The largest absolute Gasteiger partial charge is 0.484 e. The number of nitrogens with one attached hydrogen (secondary N) is 2. The molecule has 2 rings (SSSR count). The molecule has 0 heterocycles. The van der Waals surface area contributed by atoms with Gasteiger partial charge in [0.1, 0.15) is 11.5 Å². The number of hydrogen-bond donors (Lipinski definition) is 2. The lowest BCUT2D eigenvalue weighted by molar-refractivity contribution is -0.131. The highest BCUT2D eigenvalue weighted by molar-refractivity contribution is 5.83. The first kappa shape index (κ1) is 20.3. The van der Waals surface area contributed by atoms with Gasteiger partial charge in [0.05, 0.1) is 0 Å². The Balaban J connectivity index is 1.75. The number of aryl methyl sites for hydroxylation is 2. The first-order valence-electron chi connectivity index (χ1n) is 8.85. The van der Waals surface area contributed by atoms with Crippen molar-refractivity contribution in [2.45, 2.75) is 33.6 Å². The number of rotatable bonds is 7. The fourth-order valence-electron chi connectivity index (χ4n) is 2.38. The van der Waals surface area contributed by atoms with Gasteiger partial charge in [-0.05, 0) is 49.1 Å². The van der Waals surface area contributed by atoms with Crippen molar-refractivity contribution in [3.63, 3.8) is 0 Å². The summed E-state index contributed by atoms with van der Waals surface area (Å²) in [5, 5.41) is 0. The monoisotopic (exact) mass is 370 g/mol. The number of ether oxygens (including phenoxy) is 2. The van der Waals surface area contributed by atoms with Crippen molar-refractivity contribution in [3.8, 4) is 11.5 Å². The van der Waals surface area contributed by atoms with Crippen molar-refractivity contribution in [1.29, 1.82) is 0 Å². The minimum atomic E-state index is -0.456. The van der Waals surface area contributed by atoms with Gasteiger partial charge in [0, 0.05) is 0 Å². The molecule has 0 radical (unpaired) electrons. The maximum absolute atomic E-state index is 11.9. The molecule has 0 spiro atoms. The molecule has 2 aromatic rings. The van der Waals surface area contributed by atoms with Crippen LogP contribution >= 0.6 is 0 Å². The average molecular weight is 370 g/mol. The average Bonchev–Trinajstić information content (AvgIpc) is 2.64. The van der Waals surface area contributed by atoms with Crippen molar-refractivity contribution in [3.05, 3.63) is 59.2 Å². The molecule has 27 heavy (non-hydrogen) atoms. The van der Waals surface area contributed by atoms with Gasteiger partial charge in [0.2, 0.25) is 0 Å². The van der Waals surface area contributed by atoms with Gasteiger partial charge in [-0.1, -0.05) is 43.7 Å². The minimum Gasteiger partial charge on any atom is -0.484 e. The second-order valence-corrected chi connectivity index (χ2v) is 6.68. The minimum absolute atomic E-state index is 0.192. The lowest BCUT2D eigenvalue weighted by Crippen LogP contribution is -2.45. The van der Waals surface area contributed by atoms with Crippen molar-refractivity contribution >= 4 is 11.8 Å². The molecule has 0 aliphatic carbocycles. The van der Waals surface area contributed by atoms with E-state index in [1.54, 1.807) is 12.1 Å². The van der Waals surface area contributed by atoms with Gasteiger partial charge >= 0.3 is 0 Å². The van der Waals surface area contributed by atoms with Crippen LogP contribution in [0.4, 0.5) is 0 Å². The molecule has 0 atom stereocenters. The zero-order valence-corrected chi connectivity index (χ0v) is 16.2. The quantitative estimate of drug-likeness (QED) is 0.735. The standard InChI is InChI=1S/C21H26N2O4/c1-14(2)18-10-7-16(4)11-19(18)27-13-21(25)23-22-20(24)12-26-17-8-5-15(3)6-9-17/h5-11,14H,12-13H2,1-4H3,(H,22,24)(H,23,25). The van der Waals surface area contributed by atoms with Crippen LogP contribution in [0.5, 0.6) is 11.5 Å². The van der Waals surface area contributed by atoms with Gasteiger partial charge < -0.3 is 9.47 Å². The van der Waals surface area contributed by atoms with Gasteiger partial charge in [-0.15, -0.1) is 0 Å². The van der Waals surface area contributed by atoms with E-state index in [0.29, 0.717) is 11.5 Å². The molecule has 6 nitrogen and oxygen atoms in total. The van der Waals surface area contributed by atoms with Crippen LogP contribution < -0.4 is 20.3 Å². The summed E-state index contributed by atoms with van der Waals surface area (Å²) >= 11 is 0. The van der Waals surface area contributed by atoms with Crippen LogP contribution in [0.15, 0.2) is 42.5 Å². The first-order valence-corrected chi connectivity index (χ1v) is 8.85. The van der Waals surface area contributed by atoms with Gasteiger partial charge in [-0.25, -0.2) is 0 Å². The topological polar surface area (TPSA) is 76.7 Å². The summed E-state index contributed by atoms with van der Waals surface area (Å²) in [7, 11) is 0. The first-order chi connectivity index (χ1) is 12.8. The summed E-state index contributed by atoms with van der Waals surface area (Å²) in [5.74, 6) is 0.639. The highest BCUT2D eigenvalue weighted by Gasteiger charge is 2.11. The molecule has 6 heteroatoms. The second kappa shape index (κ2) is 9.62. The number of hydrazine groups is 1. The van der Waals surface area contributed by atoms with E-state index < -0.39 is 11.8 Å². The summed E-state index contributed by atoms with van der Waals surface area (Å²) in [6.45, 7) is 7.67. The van der Waals surface area contributed by atoms with Crippen molar-refractivity contribution in [2.75, 3.05) is 13.2 Å². The molecule has 0 aliphatic rings. The van der Waals surface area contributed by atoms with Crippen molar-refractivity contribution < 1.29 is 19.1 Å². The molecule has 2 N–H and O–H groups in total. The fraction of sp³-hybridized carbons (Fsp3) is 0.333. The third-order valence-electron chi connectivity index (χ3n) is 3.88. The molecule has 0 saturated carbocycles. The summed E-state index contributed by atoms with van der Waals surface area (Å²) < 4.78 is 11.0. The zero-order valence-electron chi connectivity index (χ0n) is 16.2. The lowest BCUT2D eigenvalue weighted by Gasteiger charge is -2.15. The van der Waals surface area contributed by atoms with E-state index in [2.05, 4.69) is 24.7 Å². The molecule has 0 bridgehead atoms. The maximum atomic E-state index is 11.9. The van der Waals surface area contributed by atoms with Crippen LogP contribution in [0, 0.1) is 13.8 Å². The van der Waals surface area contributed by atoms with E-state index in [-0.39, 0.29) is 19.1 Å². The lowest BCUT2D eigenvalue weighted by atomic mass is 10.0. The van der Waals surface area contributed by atoms with Crippen molar-refractivity contribution in [2.24, 2.45) is 0 Å². The summed E-state index contributed by atoms with van der Waals surface area (Å²) in [6, 6.07) is 13.3. The summed E-state index contributed by atoms with van der Waals surface area (Å²) in [4.78, 5) is 23.7. The normalized spacial score (nSPS) is 10.4. The van der Waals surface area contributed by atoms with Gasteiger partial charge in [0.15, 0.2) is 13.2 Å². The van der Waals surface area contributed by atoms with Crippen LogP contribution in [0.3, 0.4) is 0 Å². The van der Waals surface area contributed by atoms with E-state index in [0.717, 1.165) is 16.7 Å². The Kier molecular flexibility index (Phi) is 7.23. The van der Waals surface area contributed by atoms with Crippen LogP contribution in [0.2, 0.25) is 0 Å². The third kappa shape index (κ3) is 6.66. The summed E-state index contributed by atoms with van der Waals surface area (Å²) in [5.41, 5.74) is 7.81. The van der Waals surface area contributed by atoms with Crippen LogP contribution in [0.25, 0.3) is 0 Å². The molecule has 2 amide bonds. The fourth-order valence-corrected chi connectivity index (χ4v) is 2.38. The Bertz CT molecular complexity index is 785. The predicted molar refractivity (Wildman–Crippen MR) is 104 cm³/mol. The molecule has 0 saturated heterocycles. The van der Waals surface area contributed by atoms with E-state index in [9.17, 15) is 9.59 Å². The molecule has 144 valence electrons. The molecule has 0 aromatic heterocycles. The highest BCUT2D eigenvalue weighted by atomic mass is 16.5. The number of carbonyl (C=O) groups is 2. The van der Waals surface area contributed by atoms with Gasteiger partial charge in [-0.3, -0.25) is 20.4 Å². The predicted octanol–water partition coefficient (Wildman–Crippen LogP) is 3.03. The van der Waals surface area contributed by atoms with E-state index in [4.69, 9.17) is 9.47 Å². The molecule has 2 aromatic carbocycles. The number of hydrogen-bond acceptors (Lipinski definition) is 4. The van der Waals surface area contributed by atoms with E-state index >= 15 is 0 Å². The van der Waals surface area contributed by atoms with Crippen LogP contribution in [-0.2, 0) is 9.59 Å². The van der Waals surface area contributed by atoms with Crippen LogP contribution in [0.1, 0.15) is 36.5 Å². The van der Waals surface area contributed by atoms with E-state index in [1.165, 1.54) is 0 Å². The Morgan fingerprint density at radius 2 is 1.41 bits per heavy atom. The third-order valence-corrected chi connectivity index (χ3v) is 3.88. The number of benzene rings is 2. The Labute approximate surface area is 159 Å². The molecule has 0 aliphatic heterocycles. The Morgan fingerprint density at radius 3 is 2.00 bits per heavy atom. The number of carbonyl (C=O) groups excluding carboxylic acids is 2. The zero-order chi connectivity index (χ0) is 19.8. The van der Waals surface area contributed by atoms with Crippen molar-refractivity contribution in [1.82, 2.24) is 10.9 Å². The molecular weight excluding hydrogens is 344 g/mol. The highest BCUT2D eigenvalue weighted by Crippen LogP contribution is 2.27.